The highest BCUT2D eigenvalue weighted by atomic mass is 15.1. The Morgan fingerprint density at radius 2 is 1.78 bits per heavy atom. The summed E-state index contributed by atoms with van der Waals surface area (Å²) < 4.78 is 0. The number of benzene rings is 2. The summed E-state index contributed by atoms with van der Waals surface area (Å²) in [6.07, 6.45) is 0. The average molecular weight is 240 g/mol. The number of anilines is 2. The van der Waals surface area contributed by atoms with Gasteiger partial charge in [-0.2, -0.15) is 0 Å². The minimum Gasteiger partial charge on any atom is -0.399 e. The van der Waals surface area contributed by atoms with Gasteiger partial charge in [-0.25, -0.2) is 0 Å². The summed E-state index contributed by atoms with van der Waals surface area (Å²) in [7, 11) is 2.12. The van der Waals surface area contributed by atoms with Crippen LogP contribution >= 0.6 is 0 Å². The zero-order valence-electron chi connectivity index (χ0n) is 11.3. The van der Waals surface area contributed by atoms with Crippen molar-refractivity contribution in [3.05, 3.63) is 59.2 Å². The lowest BCUT2D eigenvalue weighted by Crippen LogP contribution is -2.17. The highest BCUT2D eigenvalue weighted by Gasteiger charge is 2.06. The maximum atomic E-state index is 5.81. The molecule has 0 saturated heterocycles. The number of aryl methyl sites for hydroxylation is 1. The normalized spacial score (nSPS) is 10.4. The van der Waals surface area contributed by atoms with E-state index in [1.165, 1.54) is 22.4 Å². The molecule has 0 bridgehead atoms. The minimum atomic E-state index is 0.821. The molecule has 2 aromatic carbocycles. The fraction of sp³-hybridized carbons (Fsp3) is 0.250. The molecule has 0 saturated carbocycles. The van der Waals surface area contributed by atoms with Gasteiger partial charge in [-0.15, -0.1) is 0 Å². The van der Waals surface area contributed by atoms with Crippen molar-refractivity contribution in [2.24, 2.45) is 0 Å². The fourth-order valence-corrected chi connectivity index (χ4v) is 2.20. The van der Waals surface area contributed by atoms with E-state index in [9.17, 15) is 0 Å². The molecule has 0 aliphatic heterocycles. The number of hydrogen-bond donors (Lipinski definition) is 1. The van der Waals surface area contributed by atoms with E-state index in [0.717, 1.165) is 12.2 Å². The predicted molar refractivity (Wildman–Crippen MR) is 78.9 cm³/mol. The lowest BCUT2D eigenvalue weighted by Gasteiger charge is -2.22. The Labute approximate surface area is 109 Å². The van der Waals surface area contributed by atoms with Crippen molar-refractivity contribution >= 4 is 11.4 Å². The van der Waals surface area contributed by atoms with E-state index in [-0.39, 0.29) is 0 Å². The summed E-state index contributed by atoms with van der Waals surface area (Å²) >= 11 is 0. The zero-order chi connectivity index (χ0) is 13.1. The number of nitrogen functional groups attached to an aromatic ring is 1. The Morgan fingerprint density at radius 3 is 2.50 bits per heavy atom. The number of nitrogens with zero attached hydrogens (tertiary/aromatic N) is 1. The maximum absolute atomic E-state index is 5.81. The van der Waals surface area contributed by atoms with Crippen LogP contribution in [0.1, 0.15) is 16.7 Å². The van der Waals surface area contributed by atoms with Gasteiger partial charge in [-0.05, 0) is 48.7 Å². The number of rotatable bonds is 3. The molecule has 0 fully saturated rings. The van der Waals surface area contributed by atoms with Crippen molar-refractivity contribution < 1.29 is 0 Å². The summed E-state index contributed by atoms with van der Waals surface area (Å²) in [5, 5.41) is 0. The highest BCUT2D eigenvalue weighted by molar-refractivity contribution is 5.56. The van der Waals surface area contributed by atoms with Gasteiger partial charge in [0.15, 0.2) is 0 Å². The predicted octanol–water partition coefficient (Wildman–Crippen LogP) is 3.52. The van der Waals surface area contributed by atoms with Gasteiger partial charge in [0.05, 0.1) is 0 Å². The van der Waals surface area contributed by atoms with Crippen LogP contribution in [0.3, 0.4) is 0 Å². The minimum absolute atomic E-state index is 0.821. The van der Waals surface area contributed by atoms with E-state index in [0.29, 0.717) is 0 Å². The lowest BCUT2D eigenvalue weighted by atomic mass is 10.1. The monoisotopic (exact) mass is 240 g/mol. The summed E-state index contributed by atoms with van der Waals surface area (Å²) in [4.78, 5) is 2.26. The number of nitrogens with two attached hydrogens (primary N) is 1. The van der Waals surface area contributed by atoms with Crippen molar-refractivity contribution in [1.82, 2.24) is 0 Å². The molecule has 0 spiro atoms. The molecule has 0 aliphatic rings. The standard InChI is InChI=1S/C16H20N2/c1-12-6-4-9-16(13(12)2)18(3)11-14-7-5-8-15(17)10-14/h4-10H,11,17H2,1-3H3. The molecule has 2 nitrogen and oxygen atoms in total. The van der Waals surface area contributed by atoms with Crippen molar-refractivity contribution in [2.75, 3.05) is 17.7 Å². The summed E-state index contributed by atoms with van der Waals surface area (Å²) in [5.74, 6) is 0. The van der Waals surface area contributed by atoms with Gasteiger partial charge in [0.25, 0.3) is 0 Å². The zero-order valence-corrected chi connectivity index (χ0v) is 11.3. The van der Waals surface area contributed by atoms with Crippen LogP contribution < -0.4 is 10.6 Å². The Balaban J connectivity index is 2.22. The van der Waals surface area contributed by atoms with Crippen molar-refractivity contribution in [3.63, 3.8) is 0 Å². The van der Waals surface area contributed by atoms with Crippen LogP contribution in [0.4, 0.5) is 11.4 Å². The van der Waals surface area contributed by atoms with E-state index >= 15 is 0 Å². The van der Waals surface area contributed by atoms with E-state index in [1.807, 2.05) is 18.2 Å². The molecular formula is C16H20N2. The first-order valence-electron chi connectivity index (χ1n) is 6.19. The third-order valence-electron chi connectivity index (χ3n) is 3.36. The first-order valence-corrected chi connectivity index (χ1v) is 6.19. The first-order chi connectivity index (χ1) is 8.58. The summed E-state index contributed by atoms with van der Waals surface area (Å²) in [6.45, 7) is 5.18. The van der Waals surface area contributed by atoms with Crippen LogP contribution in [0.5, 0.6) is 0 Å². The molecule has 2 rings (SSSR count). The van der Waals surface area contributed by atoms with Gasteiger partial charge in [-0.1, -0.05) is 24.3 Å². The van der Waals surface area contributed by atoms with Gasteiger partial charge in [0.2, 0.25) is 0 Å². The second kappa shape index (κ2) is 5.13. The molecule has 2 heteroatoms. The Hall–Kier alpha value is -1.96. The molecule has 0 aromatic heterocycles. The molecule has 0 heterocycles. The van der Waals surface area contributed by atoms with E-state index in [4.69, 9.17) is 5.73 Å². The van der Waals surface area contributed by atoms with Crippen LogP contribution in [0.15, 0.2) is 42.5 Å². The fourth-order valence-electron chi connectivity index (χ4n) is 2.20. The van der Waals surface area contributed by atoms with Crippen molar-refractivity contribution in [3.8, 4) is 0 Å². The van der Waals surface area contributed by atoms with Gasteiger partial charge in [-0.3, -0.25) is 0 Å². The molecule has 0 atom stereocenters. The van der Waals surface area contributed by atoms with Crippen LogP contribution in [0, 0.1) is 13.8 Å². The Bertz CT molecular complexity index is 547. The van der Waals surface area contributed by atoms with Crippen molar-refractivity contribution in [1.29, 1.82) is 0 Å². The quantitative estimate of drug-likeness (QED) is 0.832. The maximum Gasteiger partial charge on any atom is 0.0427 e. The van der Waals surface area contributed by atoms with Crippen molar-refractivity contribution in [2.45, 2.75) is 20.4 Å². The third kappa shape index (κ3) is 2.65. The van der Waals surface area contributed by atoms with Gasteiger partial charge in [0.1, 0.15) is 0 Å². The van der Waals surface area contributed by atoms with Crippen LogP contribution in [-0.2, 0) is 6.54 Å². The molecule has 2 N–H and O–H groups in total. The van der Waals surface area contributed by atoms with E-state index < -0.39 is 0 Å². The molecule has 2 aromatic rings. The van der Waals surface area contributed by atoms with E-state index in [1.54, 1.807) is 0 Å². The first kappa shape index (κ1) is 12.5. The highest BCUT2D eigenvalue weighted by Crippen LogP contribution is 2.23. The molecule has 0 amide bonds. The molecule has 18 heavy (non-hydrogen) atoms. The second-order valence-corrected chi connectivity index (χ2v) is 4.82. The number of hydrogen-bond acceptors (Lipinski definition) is 2. The summed E-state index contributed by atoms with van der Waals surface area (Å²) in [6, 6.07) is 14.5. The van der Waals surface area contributed by atoms with Gasteiger partial charge in [0, 0.05) is 25.0 Å². The van der Waals surface area contributed by atoms with Crippen LogP contribution in [0.25, 0.3) is 0 Å². The smallest absolute Gasteiger partial charge is 0.0427 e. The largest absolute Gasteiger partial charge is 0.399 e. The Kier molecular flexibility index (Phi) is 3.56. The topological polar surface area (TPSA) is 29.3 Å². The van der Waals surface area contributed by atoms with Gasteiger partial charge < -0.3 is 10.6 Å². The molecule has 0 unspecified atom stereocenters. The van der Waals surface area contributed by atoms with Crippen LogP contribution in [-0.4, -0.2) is 7.05 Å². The molecule has 94 valence electrons. The SMILES string of the molecule is Cc1cccc(N(C)Cc2cccc(N)c2)c1C. The molecular weight excluding hydrogens is 220 g/mol. The Morgan fingerprint density at radius 1 is 1.06 bits per heavy atom. The third-order valence-corrected chi connectivity index (χ3v) is 3.36. The van der Waals surface area contributed by atoms with E-state index in [2.05, 4.69) is 50.1 Å². The molecule has 0 aliphatic carbocycles. The average Bonchev–Trinajstić information content (AvgIpc) is 2.32. The van der Waals surface area contributed by atoms with Gasteiger partial charge >= 0.3 is 0 Å². The molecule has 0 radical (unpaired) electrons. The summed E-state index contributed by atoms with van der Waals surface area (Å²) in [5.41, 5.74) is 11.8. The van der Waals surface area contributed by atoms with Crippen LogP contribution in [0.2, 0.25) is 0 Å². The second-order valence-electron chi connectivity index (χ2n) is 4.82. The lowest BCUT2D eigenvalue weighted by molar-refractivity contribution is 0.916.